The number of thioether (sulfide) groups is 1. The van der Waals surface area contributed by atoms with Gasteiger partial charge in [-0.25, -0.2) is 9.97 Å². The molecule has 2 aromatic carbocycles. The zero-order valence-corrected chi connectivity index (χ0v) is 21.9. The summed E-state index contributed by atoms with van der Waals surface area (Å²) in [7, 11) is 0. The second-order valence-electron chi connectivity index (χ2n) is 8.91. The number of nitrogens with one attached hydrogen (secondary N) is 1. The number of carbonyl (C=O) groups is 1. The Morgan fingerprint density at radius 1 is 1.00 bits per heavy atom. The van der Waals surface area contributed by atoms with Gasteiger partial charge in [-0.2, -0.15) is 13.2 Å². The fourth-order valence-corrected chi connectivity index (χ4v) is 5.02. The van der Waals surface area contributed by atoms with E-state index in [2.05, 4.69) is 15.2 Å². The predicted molar refractivity (Wildman–Crippen MR) is 141 cm³/mol. The van der Waals surface area contributed by atoms with Crippen molar-refractivity contribution in [2.75, 3.05) is 42.5 Å². The first-order valence-electron chi connectivity index (χ1n) is 12.2. The van der Waals surface area contributed by atoms with Gasteiger partial charge in [0.25, 0.3) is 5.91 Å². The number of hydrogen-bond donors (Lipinski definition) is 1. The summed E-state index contributed by atoms with van der Waals surface area (Å²) in [5, 5.41) is 3.46. The van der Waals surface area contributed by atoms with Gasteiger partial charge in [0.1, 0.15) is 5.82 Å². The summed E-state index contributed by atoms with van der Waals surface area (Å²) in [6.07, 6.45) is -4.35. The van der Waals surface area contributed by atoms with Crippen LogP contribution in [0.5, 0.6) is 0 Å². The Kier molecular flexibility index (Phi) is 8.26. The number of amides is 1. The topological polar surface area (TPSA) is 61.4 Å². The van der Waals surface area contributed by atoms with E-state index < -0.39 is 11.7 Å². The molecule has 1 aliphatic heterocycles. The molecule has 2 heterocycles. The first-order valence-corrected chi connectivity index (χ1v) is 13.2. The minimum Gasteiger partial charge on any atom is -0.368 e. The molecule has 1 N–H and O–H groups in total. The zero-order chi connectivity index (χ0) is 26.6. The van der Waals surface area contributed by atoms with Crippen molar-refractivity contribution in [3.05, 3.63) is 76.5 Å². The Morgan fingerprint density at radius 3 is 2.32 bits per heavy atom. The van der Waals surface area contributed by atoms with E-state index in [9.17, 15) is 18.0 Å². The van der Waals surface area contributed by atoms with Crippen LogP contribution >= 0.6 is 11.8 Å². The molecule has 0 spiro atoms. The van der Waals surface area contributed by atoms with Crippen molar-refractivity contribution in [3.8, 4) is 0 Å². The third-order valence-corrected chi connectivity index (χ3v) is 7.30. The molecule has 3 aromatic rings. The van der Waals surface area contributed by atoms with Crippen molar-refractivity contribution in [2.24, 2.45) is 0 Å². The van der Waals surface area contributed by atoms with Gasteiger partial charge in [-0.3, -0.25) is 4.79 Å². The van der Waals surface area contributed by atoms with Crippen LogP contribution in [0.4, 0.5) is 24.7 Å². The van der Waals surface area contributed by atoms with E-state index in [1.165, 1.54) is 23.9 Å². The van der Waals surface area contributed by atoms with E-state index in [0.29, 0.717) is 54.9 Å². The Labute approximate surface area is 219 Å². The van der Waals surface area contributed by atoms with E-state index >= 15 is 0 Å². The summed E-state index contributed by atoms with van der Waals surface area (Å²) in [4.78, 5) is 25.6. The third kappa shape index (κ3) is 6.54. The van der Waals surface area contributed by atoms with Crippen LogP contribution in [-0.4, -0.2) is 48.6 Å². The normalized spacial score (nSPS) is 14.1. The highest BCUT2D eigenvalue weighted by molar-refractivity contribution is 7.98. The summed E-state index contributed by atoms with van der Waals surface area (Å²) in [5.74, 6) is 1.45. The van der Waals surface area contributed by atoms with E-state index in [1.807, 2.05) is 49.9 Å². The first kappa shape index (κ1) is 26.8. The van der Waals surface area contributed by atoms with Crippen molar-refractivity contribution in [1.29, 1.82) is 0 Å². The molecule has 10 heteroatoms. The van der Waals surface area contributed by atoms with Crippen LogP contribution in [-0.2, 0) is 11.9 Å². The summed E-state index contributed by atoms with van der Waals surface area (Å²) >= 11 is 1.53. The maximum atomic E-state index is 13.1. The van der Waals surface area contributed by atoms with Crippen molar-refractivity contribution in [2.45, 2.75) is 37.9 Å². The van der Waals surface area contributed by atoms with Gasteiger partial charge < -0.3 is 15.1 Å². The van der Waals surface area contributed by atoms with E-state index in [-0.39, 0.29) is 5.91 Å². The number of carbonyl (C=O) groups excluding carboxylic acids is 1. The molecule has 37 heavy (non-hydrogen) atoms. The highest BCUT2D eigenvalue weighted by Crippen LogP contribution is 2.32. The highest BCUT2D eigenvalue weighted by atomic mass is 32.2. The Bertz CT molecular complexity index is 1240. The second kappa shape index (κ2) is 11.4. The van der Waals surface area contributed by atoms with Gasteiger partial charge in [-0.15, -0.1) is 0 Å². The first-order chi connectivity index (χ1) is 17.7. The molecule has 6 nitrogen and oxygen atoms in total. The fraction of sp³-hybridized carbons (Fsp3) is 0.370. The Balaban J connectivity index is 1.41. The molecular formula is C27H30F3N5OS. The second-order valence-corrected chi connectivity index (χ2v) is 9.85. The van der Waals surface area contributed by atoms with Gasteiger partial charge in [-0.1, -0.05) is 30.0 Å². The van der Waals surface area contributed by atoms with Gasteiger partial charge in [0.2, 0.25) is 0 Å². The van der Waals surface area contributed by atoms with Gasteiger partial charge in [0.15, 0.2) is 5.16 Å². The van der Waals surface area contributed by atoms with Gasteiger partial charge in [-0.05, 0) is 56.7 Å². The maximum Gasteiger partial charge on any atom is 0.416 e. The van der Waals surface area contributed by atoms with Crippen molar-refractivity contribution in [1.82, 2.24) is 15.3 Å². The monoisotopic (exact) mass is 529 g/mol. The number of anilines is 2. The number of hydrogen-bond acceptors (Lipinski definition) is 6. The van der Waals surface area contributed by atoms with Crippen LogP contribution in [0.15, 0.2) is 53.7 Å². The molecule has 0 saturated carbocycles. The molecule has 1 saturated heterocycles. The molecule has 0 aliphatic carbocycles. The Morgan fingerprint density at radius 2 is 1.68 bits per heavy atom. The average Bonchev–Trinajstić information content (AvgIpc) is 2.89. The molecule has 0 radical (unpaired) electrons. The number of alkyl halides is 3. The quantitative estimate of drug-likeness (QED) is 0.323. The Hall–Kier alpha value is -3.27. The lowest BCUT2D eigenvalue weighted by molar-refractivity contribution is -0.137. The van der Waals surface area contributed by atoms with Crippen molar-refractivity contribution in [3.63, 3.8) is 0 Å². The van der Waals surface area contributed by atoms with Crippen LogP contribution < -0.4 is 15.1 Å². The van der Waals surface area contributed by atoms with Crippen LogP contribution in [0.2, 0.25) is 0 Å². The average molecular weight is 530 g/mol. The minimum atomic E-state index is -4.35. The van der Waals surface area contributed by atoms with Gasteiger partial charge >= 0.3 is 6.18 Å². The van der Waals surface area contributed by atoms with Crippen molar-refractivity contribution < 1.29 is 18.0 Å². The molecule has 4 rings (SSSR count). The number of aromatic nitrogens is 2. The molecule has 1 fully saturated rings. The van der Waals surface area contributed by atoms with E-state index in [1.54, 1.807) is 6.07 Å². The summed E-state index contributed by atoms with van der Waals surface area (Å²) in [6.45, 7) is 8.94. The van der Waals surface area contributed by atoms with Crippen LogP contribution in [0.25, 0.3) is 0 Å². The molecule has 196 valence electrons. The van der Waals surface area contributed by atoms with Crippen molar-refractivity contribution >= 4 is 29.2 Å². The zero-order valence-electron chi connectivity index (χ0n) is 21.1. The molecule has 1 amide bonds. The van der Waals surface area contributed by atoms with Gasteiger partial charge in [0.05, 0.1) is 5.56 Å². The fourth-order valence-electron chi connectivity index (χ4n) is 4.18. The van der Waals surface area contributed by atoms with Crippen LogP contribution in [0.3, 0.4) is 0 Å². The summed E-state index contributed by atoms with van der Waals surface area (Å²) in [5.41, 5.74) is 3.55. The minimum absolute atomic E-state index is 0.0861. The molecule has 1 aliphatic rings. The largest absolute Gasteiger partial charge is 0.416 e. The lowest BCUT2D eigenvalue weighted by atomic mass is 10.1. The highest BCUT2D eigenvalue weighted by Gasteiger charge is 2.31. The molecule has 0 unspecified atom stereocenters. The summed E-state index contributed by atoms with van der Waals surface area (Å²) in [6, 6.07) is 13.0. The van der Waals surface area contributed by atoms with Gasteiger partial charge in [0, 0.05) is 61.0 Å². The third-order valence-electron chi connectivity index (χ3n) is 6.38. The number of rotatable bonds is 7. The molecular weight excluding hydrogens is 499 g/mol. The smallest absolute Gasteiger partial charge is 0.368 e. The van der Waals surface area contributed by atoms with E-state index in [0.717, 1.165) is 28.7 Å². The SMILES string of the molecule is CCNC(=O)c1ccc(CSc2nc(C)c(C)c(N3CCN(c4cccc(C(F)(F)F)c4)CC3)n2)cc1. The lowest BCUT2D eigenvalue weighted by Gasteiger charge is -2.37. The molecule has 0 atom stereocenters. The van der Waals surface area contributed by atoms with E-state index in [4.69, 9.17) is 4.98 Å². The lowest BCUT2D eigenvalue weighted by Crippen LogP contribution is -2.47. The number of aryl methyl sites for hydroxylation is 1. The number of nitrogens with zero attached hydrogens (tertiary/aromatic N) is 4. The predicted octanol–water partition coefficient (Wildman–Crippen LogP) is 5.48. The van der Waals surface area contributed by atoms with Crippen LogP contribution in [0, 0.1) is 13.8 Å². The number of benzene rings is 2. The maximum absolute atomic E-state index is 13.1. The van der Waals surface area contributed by atoms with Crippen LogP contribution in [0.1, 0.15) is 39.7 Å². The molecule has 1 aromatic heterocycles. The standard InChI is InChI=1S/C27H30F3N5OS/c1-4-31-25(36)21-10-8-20(9-11-21)17-37-26-32-19(3)18(2)24(33-26)35-14-12-34(13-15-35)23-7-5-6-22(16-23)27(28,29)30/h5-11,16H,4,12-15,17H2,1-3H3,(H,31,36). The number of piperazine rings is 1. The number of halogens is 3. The summed E-state index contributed by atoms with van der Waals surface area (Å²) < 4.78 is 39.4. The molecule has 0 bridgehead atoms.